The van der Waals surface area contributed by atoms with Gasteiger partial charge in [0.2, 0.25) is 0 Å². The van der Waals surface area contributed by atoms with Crippen LogP contribution in [0.4, 0.5) is 24.5 Å². The third-order valence-electron chi connectivity index (χ3n) is 4.39. The molecular formula is C21H16ClF3N2O3S. The van der Waals surface area contributed by atoms with Crippen molar-refractivity contribution in [3.63, 3.8) is 0 Å². The summed E-state index contributed by atoms with van der Waals surface area (Å²) in [5, 5.41) is 1.97. The number of carbonyl (C=O) groups is 1. The fraction of sp³-hybridized carbons (Fsp3) is 0.0952. The molecular weight excluding hydrogens is 453 g/mol. The zero-order valence-electron chi connectivity index (χ0n) is 16.1. The van der Waals surface area contributed by atoms with Crippen molar-refractivity contribution in [1.29, 1.82) is 0 Å². The molecule has 3 aromatic rings. The van der Waals surface area contributed by atoms with Crippen molar-refractivity contribution in [3.8, 4) is 0 Å². The number of hydrogen-bond acceptors (Lipinski definition) is 3. The maximum atomic E-state index is 13.9. The monoisotopic (exact) mass is 468 g/mol. The molecule has 0 heterocycles. The van der Waals surface area contributed by atoms with Gasteiger partial charge in [0.1, 0.15) is 0 Å². The van der Waals surface area contributed by atoms with E-state index in [-0.39, 0.29) is 22.0 Å². The van der Waals surface area contributed by atoms with Crippen molar-refractivity contribution in [2.24, 2.45) is 0 Å². The molecule has 162 valence electrons. The first-order valence-corrected chi connectivity index (χ1v) is 10.8. The van der Waals surface area contributed by atoms with Crippen molar-refractivity contribution in [3.05, 3.63) is 88.7 Å². The highest BCUT2D eigenvalue weighted by atomic mass is 35.5. The van der Waals surface area contributed by atoms with E-state index in [2.05, 4.69) is 5.32 Å². The molecule has 0 aliphatic rings. The Bertz CT molecular complexity index is 1240. The summed E-state index contributed by atoms with van der Waals surface area (Å²) < 4.78 is 67.8. The Morgan fingerprint density at radius 1 is 1.00 bits per heavy atom. The molecule has 3 aromatic carbocycles. The second kappa shape index (κ2) is 8.99. The van der Waals surface area contributed by atoms with Gasteiger partial charge in [-0.1, -0.05) is 29.8 Å². The minimum atomic E-state index is -4.06. The average Bonchev–Trinajstić information content (AvgIpc) is 2.75. The minimum absolute atomic E-state index is 0.109. The Hall–Kier alpha value is -3.04. The molecule has 1 N–H and O–H groups in total. The number of halogens is 4. The molecule has 31 heavy (non-hydrogen) atoms. The molecule has 1 amide bonds. The van der Waals surface area contributed by atoms with Crippen LogP contribution in [0.2, 0.25) is 5.02 Å². The van der Waals surface area contributed by atoms with Gasteiger partial charge in [0.15, 0.2) is 17.5 Å². The standard InChI is InChI=1S/C21H16ClF3N2O3S/c1-2-27(13-6-4-3-5-7-13)31(29,30)14-8-9-16(22)15(12-14)21(28)26-18-11-10-17(23)19(24)20(18)25/h3-12H,2H2,1H3,(H,26,28). The van der Waals surface area contributed by atoms with Gasteiger partial charge in [-0.15, -0.1) is 0 Å². The van der Waals surface area contributed by atoms with Gasteiger partial charge in [0, 0.05) is 6.54 Å². The van der Waals surface area contributed by atoms with Crippen LogP contribution in [0.25, 0.3) is 0 Å². The van der Waals surface area contributed by atoms with E-state index in [4.69, 9.17) is 11.6 Å². The summed E-state index contributed by atoms with van der Waals surface area (Å²) >= 11 is 6.04. The Morgan fingerprint density at radius 2 is 1.68 bits per heavy atom. The Balaban J connectivity index is 1.98. The molecule has 0 atom stereocenters. The van der Waals surface area contributed by atoms with E-state index in [9.17, 15) is 26.4 Å². The highest BCUT2D eigenvalue weighted by Crippen LogP contribution is 2.28. The number of rotatable bonds is 6. The van der Waals surface area contributed by atoms with Gasteiger partial charge in [-0.2, -0.15) is 0 Å². The Labute approximate surface area is 182 Å². The molecule has 0 spiro atoms. The highest BCUT2D eigenvalue weighted by Gasteiger charge is 2.26. The number of anilines is 2. The number of benzene rings is 3. The number of carbonyl (C=O) groups excluding carboxylic acids is 1. The topological polar surface area (TPSA) is 66.5 Å². The first kappa shape index (κ1) is 22.6. The lowest BCUT2D eigenvalue weighted by atomic mass is 10.2. The van der Waals surface area contributed by atoms with Crippen LogP contribution in [0.5, 0.6) is 0 Å². The normalized spacial score (nSPS) is 11.3. The number of sulfonamides is 1. The van der Waals surface area contributed by atoms with Crippen molar-refractivity contribution in [1.82, 2.24) is 0 Å². The molecule has 0 aliphatic heterocycles. The van der Waals surface area contributed by atoms with Crippen molar-refractivity contribution in [2.75, 3.05) is 16.2 Å². The molecule has 3 rings (SSSR count). The number of hydrogen-bond donors (Lipinski definition) is 1. The van der Waals surface area contributed by atoms with Crippen molar-refractivity contribution in [2.45, 2.75) is 11.8 Å². The maximum absolute atomic E-state index is 13.9. The minimum Gasteiger partial charge on any atom is -0.319 e. The van der Waals surface area contributed by atoms with Crippen LogP contribution in [0, 0.1) is 17.5 Å². The van der Waals surface area contributed by atoms with Gasteiger partial charge >= 0.3 is 0 Å². The quantitative estimate of drug-likeness (QED) is 0.504. The average molecular weight is 469 g/mol. The number of nitrogens with one attached hydrogen (secondary N) is 1. The maximum Gasteiger partial charge on any atom is 0.264 e. The van der Waals surface area contributed by atoms with E-state index in [0.29, 0.717) is 11.8 Å². The summed E-state index contributed by atoms with van der Waals surface area (Å²) in [6.07, 6.45) is 0. The molecule has 0 unspecified atom stereocenters. The number of amides is 1. The summed E-state index contributed by atoms with van der Waals surface area (Å²) in [4.78, 5) is 12.4. The van der Waals surface area contributed by atoms with Gasteiger partial charge in [0.25, 0.3) is 15.9 Å². The van der Waals surface area contributed by atoms with Crippen LogP contribution < -0.4 is 9.62 Å². The van der Waals surface area contributed by atoms with E-state index in [0.717, 1.165) is 16.4 Å². The van der Waals surface area contributed by atoms with Gasteiger partial charge in [0.05, 0.1) is 26.9 Å². The lowest BCUT2D eigenvalue weighted by molar-refractivity contribution is 0.102. The Kier molecular flexibility index (Phi) is 6.56. The van der Waals surface area contributed by atoms with E-state index in [1.807, 2.05) is 0 Å². The number of para-hydroxylation sites is 1. The molecule has 0 saturated carbocycles. The van der Waals surface area contributed by atoms with Crippen LogP contribution in [-0.2, 0) is 10.0 Å². The summed E-state index contributed by atoms with van der Waals surface area (Å²) in [7, 11) is -4.06. The molecule has 10 heteroatoms. The second-order valence-electron chi connectivity index (χ2n) is 6.32. The zero-order chi connectivity index (χ0) is 22.8. The predicted molar refractivity (Wildman–Crippen MR) is 112 cm³/mol. The van der Waals surface area contributed by atoms with E-state index < -0.39 is 39.1 Å². The van der Waals surface area contributed by atoms with E-state index in [1.54, 1.807) is 37.3 Å². The smallest absolute Gasteiger partial charge is 0.264 e. The SMILES string of the molecule is CCN(c1ccccc1)S(=O)(=O)c1ccc(Cl)c(C(=O)Nc2ccc(F)c(F)c2F)c1. The largest absolute Gasteiger partial charge is 0.319 e. The lowest BCUT2D eigenvalue weighted by Crippen LogP contribution is -2.31. The van der Waals surface area contributed by atoms with Gasteiger partial charge < -0.3 is 5.32 Å². The van der Waals surface area contributed by atoms with Gasteiger partial charge in [-0.25, -0.2) is 21.6 Å². The second-order valence-corrected chi connectivity index (χ2v) is 8.59. The summed E-state index contributed by atoms with van der Waals surface area (Å²) in [5.41, 5.74) is -0.474. The van der Waals surface area contributed by atoms with E-state index in [1.165, 1.54) is 12.1 Å². The molecule has 5 nitrogen and oxygen atoms in total. The summed E-state index contributed by atoms with van der Waals surface area (Å²) in [6, 6.07) is 13.3. The highest BCUT2D eigenvalue weighted by molar-refractivity contribution is 7.92. The Morgan fingerprint density at radius 3 is 2.32 bits per heavy atom. The summed E-state index contributed by atoms with van der Waals surface area (Å²) in [6.45, 7) is 1.77. The van der Waals surface area contributed by atoms with Gasteiger partial charge in [-0.3, -0.25) is 9.10 Å². The van der Waals surface area contributed by atoms with Crippen molar-refractivity contribution < 1.29 is 26.4 Å². The zero-order valence-corrected chi connectivity index (χ0v) is 17.6. The molecule has 0 bridgehead atoms. The predicted octanol–water partition coefficient (Wildman–Crippen LogP) is 5.22. The van der Waals surface area contributed by atoms with Crippen LogP contribution in [-0.4, -0.2) is 20.9 Å². The van der Waals surface area contributed by atoms with Gasteiger partial charge in [-0.05, 0) is 49.4 Å². The van der Waals surface area contributed by atoms with Crippen LogP contribution in [0.3, 0.4) is 0 Å². The third kappa shape index (κ3) is 4.52. The third-order valence-corrected chi connectivity index (χ3v) is 6.61. The first-order valence-electron chi connectivity index (χ1n) is 8.99. The first-order chi connectivity index (χ1) is 14.7. The molecule has 0 fully saturated rings. The number of nitrogens with zero attached hydrogens (tertiary/aromatic N) is 1. The lowest BCUT2D eigenvalue weighted by Gasteiger charge is -2.23. The fourth-order valence-electron chi connectivity index (χ4n) is 2.86. The fourth-order valence-corrected chi connectivity index (χ4v) is 4.57. The van der Waals surface area contributed by atoms with E-state index >= 15 is 0 Å². The molecule has 0 radical (unpaired) electrons. The summed E-state index contributed by atoms with van der Waals surface area (Å²) in [5.74, 6) is -5.74. The van der Waals surface area contributed by atoms with Crippen LogP contribution in [0.15, 0.2) is 65.6 Å². The molecule has 0 aliphatic carbocycles. The van der Waals surface area contributed by atoms with Crippen LogP contribution >= 0.6 is 11.6 Å². The molecule has 0 aromatic heterocycles. The van der Waals surface area contributed by atoms with Crippen molar-refractivity contribution >= 4 is 38.9 Å². The molecule has 0 saturated heterocycles. The van der Waals surface area contributed by atoms with Crippen LogP contribution in [0.1, 0.15) is 17.3 Å².